The average Bonchev–Trinajstić information content (AvgIpc) is 1.87. The summed E-state index contributed by atoms with van der Waals surface area (Å²) in [5.41, 5.74) is 0. The van der Waals surface area contributed by atoms with E-state index in [1.54, 1.807) is 0 Å². The highest BCUT2D eigenvalue weighted by Crippen LogP contribution is 2.09. The SMILES string of the molecule is F/C(=C\S)O/C(F)=C/S. The van der Waals surface area contributed by atoms with Gasteiger partial charge in [0.1, 0.15) is 0 Å². The molecule has 0 N–H and O–H groups in total. The second-order valence-electron chi connectivity index (χ2n) is 0.968. The number of rotatable bonds is 2. The molecular formula is C4H4F2OS2. The van der Waals surface area contributed by atoms with Gasteiger partial charge in [-0.3, -0.25) is 0 Å². The van der Waals surface area contributed by atoms with Crippen LogP contribution in [0.3, 0.4) is 0 Å². The molecule has 0 aromatic heterocycles. The van der Waals surface area contributed by atoms with E-state index >= 15 is 0 Å². The molecule has 0 saturated carbocycles. The van der Waals surface area contributed by atoms with Crippen LogP contribution in [-0.4, -0.2) is 0 Å². The summed E-state index contributed by atoms with van der Waals surface area (Å²) in [5, 5.41) is 1.38. The Morgan fingerprint density at radius 3 is 1.67 bits per heavy atom. The van der Waals surface area contributed by atoms with E-state index in [1.807, 2.05) is 0 Å². The molecule has 0 aromatic rings. The zero-order valence-corrected chi connectivity index (χ0v) is 6.00. The smallest absolute Gasteiger partial charge is 0.286 e. The minimum Gasteiger partial charge on any atom is -0.403 e. The first-order valence-corrected chi connectivity index (χ1v) is 2.91. The number of ether oxygens (including phenoxy) is 1. The molecule has 0 fully saturated rings. The lowest BCUT2D eigenvalue weighted by Gasteiger charge is -1.93. The second-order valence-corrected chi connectivity index (χ2v) is 1.48. The van der Waals surface area contributed by atoms with Crippen LogP contribution in [-0.2, 0) is 4.74 Å². The molecule has 52 valence electrons. The van der Waals surface area contributed by atoms with Gasteiger partial charge in [-0.25, -0.2) is 0 Å². The maximum atomic E-state index is 11.8. The molecule has 9 heavy (non-hydrogen) atoms. The van der Waals surface area contributed by atoms with Gasteiger partial charge in [-0.15, -0.1) is 25.3 Å². The normalized spacial score (nSPS) is 13.8. The number of hydrogen-bond acceptors (Lipinski definition) is 3. The Balaban J connectivity index is 3.75. The van der Waals surface area contributed by atoms with Gasteiger partial charge in [0.05, 0.1) is 0 Å². The topological polar surface area (TPSA) is 9.23 Å². The standard InChI is InChI=1S/C4H4F2OS2/c5-3(1-8)7-4(6)2-9/h1-2,8-9H/b3-1+,4-2+. The first-order valence-electron chi connectivity index (χ1n) is 1.88. The predicted molar refractivity (Wildman–Crippen MR) is 37.4 cm³/mol. The molecule has 1 nitrogen and oxygen atoms in total. The highest BCUT2D eigenvalue weighted by atomic mass is 32.1. The maximum absolute atomic E-state index is 11.8. The van der Waals surface area contributed by atoms with Crippen molar-refractivity contribution in [3.63, 3.8) is 0 Å². The lowest BCUT2D eigenvalue weighted by atomic mass is 11.0. The van der Waals surface area contributed by atoms with Crippen LogP contribution in [0.4, 0.5) is 8.78 Å². The molecule has 0 heterocycles. The molecule has 0 bridgehead atoms. The van der Waals surface area contributed by atoms with Gasteiger partial charge in [0, 0.05) is 10.8 Å². The van der Waals surface area contributed by atoms with E-state index in [4.69, 9.17) is 0 Å². The Morgan fingerprint density at radius 2 is 1.44 bits per heavy atom. The van der Waals surface area contributed by atoms with Gasteiger partial charge in [-0.05, 0) is 0 Å². The van der Waals surface area contributed by atoms with Crippen LogP contribution >= 0.6 is 25.3 Å². The molecule has 0 aliphatic heterocycles. The van der Waals surface area contributed by atoms with E-state index in [0.717, 1.165) is 0 Å². The van der Waals surface area contributed by atoms with Crippen molar-refractivity contribution in [3.8, 4) is 0 Å². The van der Waals surface area contributed by atoms with Gasteiger partial charge >= 0.3 is 0 Å². The van der Waals surface area contributed by atoms with Gasteiger partial charge in [-0.2, -0.15) is 8.78 Å². The monoisotopic (exact) mass is 170 g/mol. The average molecular weight is 170 g/mol. The third kappa shape index (κ3) is 4.35. The summed E-state index contributed by atoms with van der Waals surface area (Å²) in [6, 6.07) is -2.22. The van der Waals surface area contributed by atoms with Crippen LogP contribution in [0.25, 0.3) is 0 Å². The Bertz CT molecular complexity index is 128. The minimum absolute atomic E-state index is 0.691. The quantitative estimate of drug-likeness (QED) is 0.478. The molecule has 0 aromatic carbocycles. The number of hydrogen-bond donors (Lipinski definition) is 2. The Hall–Kier alpha value is -0.160. The largest absolute Gasteiger partial charge is 0.403 e. The van der Waals surface area contributed by atoms with Gasteiger partial charge in [-0.1, -0.05) is 0 Å². The van der Waals surface area contributed by atoms with Crippen LogP contribution in [0.15, 0.2) is 22.8 Å². The summed E-state index contributed by atoms with van der Waals surface area (Å²) < 4.78 is 27.4. The van der Waals surface area contributed by atoms with E-state index in [1.165, 1.54) is 0 Å². The summed E-state index contributed by atoms with van der Waals surface area (Å²) in [4.78, 5) is 0. The molecule has 0 aliphatic carbocycles. The lowest BCUT2D eigenvalue weighted by Crippen LogP contribution is -1.79. The predicted octanol–water partition coefficient (Wildman–Crippen LogP) is 2.40. The van der Waals surface area contributed by atoms with E-state index in [9.17, 15) is 8.78 Å². The van der Waals surface area contributed by atoms with Crippen LogP contribution in [0.1, 0.15) is 0 Å². The number of halogens is 2. The van der Waals surface area contributed by atoms with Crippen LogP contribution in [0.2, 0.25) is 0 Å². The maximum Gasteiger partial charge on any atom is 0.286 e. The first-order chi connectivity index (χ1) is 4.20. The number of thiol groups is 2. The highest BCUT2D eigenvalue weighted by molar-refractivity contribution is 7.83. The zero-order valence-electron chi connectivity index (χ0n) is 4.21. The zero-order chi connectivity index (χ0) is 7.28. The third-order valence-corrected chi connectivity index (χ3v) is 0.804. The van der Waals surface area contributed by atoms with Crippen molar-refractivity contribution in [1.29, 1.82) is 0 Å². The Labute approximate surface area is 62.2 Å². The minimum atomic E-state index is -1.11. The van der Waals surface area contributed by atoms with Crippen molar-refractivity contribution < 1.29 is 13.5 Å². The lowest BCUT2D eigenvalue weighted by molar-refractivity contribution is 0.157. The molecule has 5 heteroatoms. The van der Waals surface area contributed by atoms with Crippen molar-refractivity contribution in [1.82, 2.24) is 0 Å². The van der Waals surface area contributed by atoms with Crippen molar-refractivity contribution in [2.45, 2.75) is 0 Å². The summed E-state index contributed by atoms with van der Waals surface area (Å²) in [7, 11) is 0. The molecule has 0 radical (unpaired) electrons. The molecule has 0 atom stereocenters. The third-order valence-electron chi connectivity index (χ3n) is 0.398. The summed E-state index contributed by atoms with van der Waals surface area (Å²) in [6.07, 6.45) is 0. The van der Waals surface area contributed by atoms with Crippen molar-refractivity contribution in [3.05, 3.63) is 22.8 Å². The van der Waals surface area contributed by atoms with Crippen LogP contribution in [0, 0.1) is 0 Å². The fourth-order valence-electron chi connectivity index (χ4n) is 0.146. The van der Waals surface area contributed by atoms with E-state index in [2.05, 4.69) is 30.0 Å². The molecule has 0 rings (SSSR count). The summed E-state index contributed by atoms with van der Waals surface area (Å²) in [6.45, 7) is 0. The van der Waals surface area contributed by atoms with E-state index in [-0.39, 0.29) is 0 Å². The van der Waals surface area contributed by atoms with Crippen molar-refractivity contribution in [2.75, 3.05) is 0 Å². The van der Waals surface area contributed by atoms with Gasteiger partial charge in [0.25, 0.3) is 12.0 Å². The second kappa shape index (κ2) is 4.69. The molecule has 0 saturated heterocycles. The summed E-state index contributed by atoms with van der Waals surface area (Å²) in [5.74, 6) is 0. The highest BCUT2D eigenvalue weighted by Gasteiger charge is 1.96. The van der Waals surface area contributed by atoms with E-state index in [0.29, 0.717) is 10.8 Å². The van der Waals surface area contributed by atoms with Crippen molar-refractivity contribution in [2.24, 2.45) is 0 Å². The van der Waals surface area contributed by atoms with Gasteiger partial charge < -0.3 is 4.74 Å². The van der Waals surface area contributed by atoms with Crippen molar-refractivity contribution >= 4 is 25.3 Å². The molecule has 0 aliphatic rings. The fraction of sp³-hybridized carbons (Fsp3) is 0. The van der Waals surface area contributed by atoms with E-state index < -0.39 is 12.0 Å². The van der Waals surface area contributed by atoms with Gasteiger partial charge in [0.15, 0.2) is 0 Å². The van der Waals surface area contributed by atoms with Crippen LogP contribution < -0.4 is 0 Å². The molecule has 0 spiro atoms. The van der Waals surface area contributed by atoms with Crippen LogP contribution in [0.5, 0.6) is 0 Å². The first kappa shape index (κ1) is 8.84. The molecule has 0 unspecified atom stereocenters. The summed E-state index contributed by atoms with van der Waals surface area (Å²) >= 11 is 6.70. The fourth-order valence-corrected chi connectivity index (χ4v) is 0.251. The Kier molecular flexibility index (Phi) is 4.61. The molecular weight excluding hydrogens is 166 g/mol. The molecule has 0 amide bonds. The Morgan fingerprint density at radius 1 is 1.11 bits per heavy atom. The van der Waals surface area contributed by atoms with Gasteiger partial charge in [0.2, 0.25) is 0 Å².